The molecule has 2 heterocycles. The summed E-state index contributed by atoms with van der Waals surface area (Å²) in [5.74, 6) is 0.768. The molecule has 0 radical (unpaired) electrons. The zero-order valence-corrected chi connectivity index (χ0v) is 14.6. The summed E-state index contributed by atoms with van der Waals surface area (Å²) in [6, 6.07) is 12.3. The molecule has 0 bridgehead atoms. The van der Waals surface area contributed by atoms with Crippen LogP contribution < -0.4 is 4.90 Å². The van der Waals surface area contributed by atoms with Gasteiger partial charge in [-0.25, -0.2) is 4.98 Å². The second-order valence-corrected chi connectivity index (χ2v) is 6.24. The Labute approximate surface area is 149 Å². The van der Waals surface area contributed by atoms with Crippen molar-refractivity contribution in [1.82, 2.24) is 9.88 Å². The lowest BCUT2D eigenvalue weighted by molar-refractivity contribution is 0.0790. The molecule has 1 aromatic heterocycles. The van der Waals surface area contributed by atoms with Gasteiger partial charge in [-0.3, -0.25) is 4.79 Å². The minimum absolute atomic E-state index is 0.0383. The molecule has 3 rings (SSSR count). The number of carbonyl (C=O) groups excluding carboxylic acids is 1. The van der Waals surface area contributed by atoms with Crippen LogP contribution in [-0.4, -0.2) is 34.9 Å². The molecular formula is C21H23N3O. The second kappa shape index (κ2) is 7.34. The molecule has 1 aliphatic heterocycles. The van der Waals surface area contributed by atoms with Gasteiger partial charge in [0.1, 0.15) is 5.82 Å². The third-order valence-corrected chi connectivity index (χ3v) is 4.43. The maximum atomic E-state index is 12.8. The molecule has 0 spiro atoms. The van der Waals surface area contributed by atoms with Crippen molar-refractivity contribution >= 4 is 17.4 Å². The Morgan fingerprint density at radius 2 is 2.00 bits per heavy atom. The topological polar surface area (TPSA) is 36.4 Å². The summed E-state index contributed by atoms with van der Waals surface area (Å²) in [4.78, 5) is 21.2. The van der Waals surface area contributed by atoms with Crippen LogP contribution in [0.25, 0.3) is 0 Å². The highest BCUT2D eigenvalue weighted by Gasteiger charge is 2.28. The van der Waals surface area contributed by atoms with E-state index in [4.69, 9.17) is 0 Å². The Morgan fingerprint density at radius 1 is 1.28 bits per heavy atom. The molecule has 0 N–H and O–H groups in total. The Kier molecular flexibility index (Phi) is 4.98. The first-order valence-electron chi connectivity index (χ1n) is 8.50. The van der Waals surface area contributed by atoms with Crippen molar-refractivity contribution in [3.8, 4) is 0 Å². The van der Waals surface area contributed by atoms with Gasteiger partial charge in [-0.15, -0.1) is 13.2 Å². The van der Waals surface area contributed by atoms with E-state index in [1.165, 1.54) is 11.3 Å². The molecular weight excluding hydrogens is 310 g/mol. The van der Waals surface area contributed by atoms with Crippen LogP contribution in [0.3, 0.4) is 0 Å². The summed E-state index contributed by atoms with van der Waals surface area (Å²) in [7, 11) is 0. The van der Waals surface area contributed by atoms with E-state index < -0.39 is 0 Å². The third kappa shape index (κ3) is 3.33. The number of amides is 1. The van der Waals surface area contributed by atoms with Crippen LogP contribution >= 0.6 is 0 Å². The van der Waals surface area contributed by atoms with E-state index in [2.05, 4.69) is 48.2 Å². The van der Waals surface area contributed by atoms with Gasteiger partial charge in [-0.2, -0.15) is 0 Å². The highest BCUT2D eigenvalue weighted by atomic mass is 16.2. The van der Waals surface area contributed by atoms with E-state index in [1.54, 1.807) is 29.3 Å². The predicted molar refractivity (Wildman–Crippen MR) is 102 cm³/mol. The number of fused-ring (bicyclic) bond motifs is 1. The van der Waals surface area contributed by atoms with Crippen LogP contribution in [0.4, 0.5) is 11.5 Å². The summed E-state index contributed by atoms with van der Waals surface area (Å²) in [5, 5.41) is 0. The number of hydrogen-bond acceptors (Lipinski definition) is 3. The van der Waals surface area contributed by atoms with E-state index in [-0.39, 0.29) is 5.91 Å². The van der Waals surface area contributed by atoms with Gasteiger partial charge in [0.2, 0.25) is 0 Å². The van der Waals surface area contributed by atoms with Gasteiger partial charge in [-0.1, -0.05) is 30.4 Å². The molecule has 4 nitrogen and oxygen atoms in total. The molecule has 1 aliphatic rings. The summed E-state index contributed by atoms with van der Waals surface area (Å²) in [6.45, 7) is 10.6. The number of para-hydroxylation sites is 1. The molecule has 128 valence electrons. The minimum atomic E-state index is -0.0383. The lowest BCUT2D eigenvalue weighted by atomic mass is 10.1. The first kappa shape index (κ1) is 17.0. The molecule has 25 heavy (non-hydrogen) atoms. The molecule has 1 aromatic carbocycles. The van der Waals surface area contributed by atoms with Crippen molar-refractivity contribution < 1.29 is 4.79 Å². The molecule has 0 saturated heterocycles. The van der Waals surface area contributed by atoms with E-state index >= 15 is 0 Å². The highest BCUT2D eigenvalue weighted by Crippen LogP contribution is 2.37. The number of hydrogen-bond donors (Lipinski definition) is 0. The van der Waals surface area contributed by atoms with E-state index in [9.17, 15) is 4.79 Å². The van der Waals surface area contributed by atoms with Crippen LogP contribution in [0.5, 0.6) is 0 Å². The number of benzene rings is 1. The molecule has 1 amide bonds. The monoisotopic (exact) mass is 333 g/mol. The summed E-state index contributed by atoms with van der Waals surface area (Å²) in [6.07, 6.45) is 6.13. The maximum Gasteiger partial charge on any atom is 0.254 e. The predicted octanol–water partition coefficient (Wildman–Crippen LogP) is 3.98. The Bertz CT molecular complexity index is 789. The van der Waals surface area contributed by atoms with Crippen LogP contribution in [0.2, 0.25) is 0 Å². The zero-order valence-electron chi connectivity index (χ0n) is 14.6. The van der Waals surface area contributed by atoms with Gasteiger partial charge < -0.3 is 9.80 Å². The van der Waals surface area contributed by atoms with Gasteiger partial charge in [0.05, 0.1) is 0 Å². The van der Waals surface area contributed by atoms with E-state index in [1.807, 2.05) is 12.1 Å². The van der Waals surface area contributed by atoms with E-state index in [0.717, 1.165) is 12.2 Å². The fourth-order valence-corrected chi connectivity index (χ4v) is 3.33. The molecule has 1 atom stereocenters. The van der Waals surface area contributed by atoms with Crippen LogP contribution in [-0.2, 0) is 6.42 Å². The van der Waals surface area contributed by atoms with Crippen molar-refractivity contribution in [2.75, 3.05) is 18.0 Å². The summed E-state index contributed by atoms with van der Waals surface area (Å²) >= 11 is 0. The average molecular weight is 333 g/mol. The zero-order chi connectivity index (χ0) is 17.8. The number of nitrogens with zero attached hydrogens (tertiary/aromatic N) is 3. The lowest BCUT2D eigenvalue weighted by Crippen LogP contribution is -2.31. The van der Waals surface area contributed by atoms with Gasteiger partial charge in [0.25, 0.3) is 5.91 Å². The number of carbonyl (C=O) groups is 1. The molecule has 2 aromatic rings. The largest absolute Gasteiger partial charge is 0.331 e. The Morgan fingerprint density at radius 3 is 2.72 bits per heavy atom. The van der Waals surface area contributed by atoms with Crippen molar-refractivity contribution in [3.63, 3.8) is 0 Å². The molecule has 0 fully saturated rings. The number of anilines is 2. The highest BCUT2D eigenvalue weighted by molar-refractivity contribution is 5.95. The number of aromatic nitrogens is 1. The van der Waals surface area contributed by atoms with Crippen molar-refractivity contribution in [3.05, 3.63) is 79.0 Å². The summed E-state index contributed by atoms with van der Waals surface area (Å²) in [5.41, 5.74) is 3.11. The standard InChI is InChI=1S/C21H23N3O/c1-4-12-23(13-5-2)21(25)18-10-11-22-20(15-18)24-16(3)14-17-8-6-7-9-19(17)24/h4-11,15-16H,1-2,12-14H2,3H3. The second-order valence-electron chi connectivity index (χ2n) is 6.24. The minimum Gasteiger partial charge on any atom is -0.331 e. The van der Waals surface area contributed by atoms with Crippen molar-refractivity contribution in [2.24, 2.45) is 0 Å². The van der Waals surface area contributed by atoms with Crippen molar-refractivity contribution in [2.45, 2.75) is 19.4 Å². The van der Waals surface area contributed by atoms with Gasteiger partial charge in [0.15, 0.2) is 0 Å². The third-order valence-electron chi connectivity index (χ3n) is 4.43. The Balaban J connectivity index is 1.93. The van der Waals surface area contributed by atoms with Gasteiger partial charge >= 0.3 is 0 Å². The van der Waals surface area contributed by atoms with Crippen LogP contribution in [0, 0.1) is 0 Å². The summed E-state index contributed by atoms with van der Waals surface area (Å²) < 4.78 is 0. The molecule has 1 unspecified atom stereocenters. The quantitative estimate of drug-likeness (QED) is 0.750. The fraction of sp³-hybridized carbons (Fsp3) is 0.238. The lowest BCUT2D eigenvalue weighted by Gasteiger charge is -2.25. The first-order valence-corrected chi connectivity index (χ1v) is 8.50. The van der Waals surface area contributed by atoms with Crippen molar-refractivity contribution in [1.29, 1.82) is 0 Å². The number of pyridine rings is 1. The average Bonchev–Trinajstić information content (AvgIpc) is 2.96. The first-order chi connectivity index (χ1) is 12.2. The van der Waals surface area contributed by atoms with E-state index in [0.29, 0.717) is 24.7 Å². The molecule has 0 aliphatic carbocycles. The Hall–Kier alpha value is -2.88. The normalized spacial score (nSPS) is 15.6. The smallest absolute Gasteiger partial charge is 0.254 e. The maximum absolute atomic E-state index is 12.8. The molecule has 4 heteroatoms. The molecule has 0 saturated carbocycles. The SMILES string of the molecule is C=CCN(CC=C)C(=O)c1ccnc(N2c3ccccc3CC2C)c1. The number of rotatable bonds is 6. The van der Waals surface area contributed by atoms with Crippen LogP contribution in [0.1, 0.15) is 22.8 Å². The van der Waals surface area contributed by atoms with Crippen LogP contribution in [0.15, 0.2) is 67.9 Å². The van der Waals surface area contributed by atoms with Gasteiger partial charge in [0, 0.05) is 36.6 Å². The fourth-order valence-electron chi connectivity index (χ4n) is 3.33. The van der Waals surface area contributed by atoms with Gasteiger partial charge in [-0.05, 0) is 37.1 Å².